The molecule has 0 bridgehead atoms. The molecule has 0 saturated carbocycles. The van der Waals surface area contributed by atoms with E-state index < -0.39 is 0 Å². The third-order valence-corrected chi connectivity index (χ3v) is 2.70. The van der Waals surface area contributed by atoms with E-state index in [-0.39, 0.29) is 23.5 Å². The summed E-state index contributed by atoms with van der Waals surface area (Å²) in [5.41, 5.74) is 5.39. The van der Waals surface area contributed by atoms with Crippen molar-refractivity contribution in [2.75, 3.05) is 26.9 Å². The SMILES string of the molecule is COC(C)(C)CNC(=O)C1COCC1N. The molecule has 5 heteroatoms. The topological polar surface area (TPSA) is 73.6 Å². The van der Waals surface area contributed by atoms with Crippen molar-refractivity contribution in [1.82, 2.24) is 5.32 Å². The number of ether oxygens (including phenoxy) is 2. The van der Waals surface area contributed by atoms with Crippen LogP contribution in [0.15, 0.2) is 0 Å². The van der Waals surface area contributed by atoms with Crippen molar-refractivity contribution >= 4 is 5.91 Å². The molecule has 1 rings (SSSR count). The van der Waals surface area contributed by atoms with E-state index in [4.69, 9.17) is 15.2 Å². The molecule has 1 aliphatic heterocycles. The molecule has 0 aromatic carbocycles. The Bertz CT molecular complexity index is 231. The second-order valence-corrected chi connectivity index (χ2v) is 4.49. The number of carbonyl (C=O) groups is 1. The van der Waals surface area contributed by atoms with E-state index in [0.717, 1.165) is 0 Å². The second kappa shape index (κ2) is 4.92. The molecule has 1 aliphatic rings. The first-order chi connectivity index (χ1) is 6.96. The van der Waals surface area contributed by atoms with Crippen molar-refractivity contribution in [3.05, 3.63) is 0 Å². The summed E-state index contributed by atoms with van der Waals surface area (Å²) in [5.74, 6) is -0.275. The highest BCUT2D eigenvalue weighted by molar-refractivity contribution is 5.79. The molecule has 2 atom stereocenters. The lowest BCUT2D eigenvalue weighted by atomic mass is 10.0. The first-order valence-electron chi connectivity index (χ1n) is 5.12. The molecule has 88 valence electrons. The van der Waals surface area contributed by atoms with Gasteiger partial charge in [0.2, 0.25) is 5.91 Å². The van der Waals surface area contributed by atoms with Gasteiger partial charge in [-0.3, -0.25) is 4.79 Å². The van der Waals surface area contributed by atoms with Crippen molar-refractivity contribution < 1.29 is 14.3 Å². The zero-order valence-electron chi connectivity index (χ0n) is 9.58. The zero-order chi connectivity index (χ0) is 11.5. The van der Waals surface area contributed by atoms with Crippen LogP contribution in [0.3, 0.4) is 0 Å². The van der Waals surface area contributed by atoms with Crippen LogP contribution in [-0.4, -0.2) is 44.4 Å². The Kier molecular flexibility index (Phi) is 4.07. The van der Waals surface area contributed by atoms with Gasteiger partial charge >= 0.3 is 0 Å². The maximum absolute atomic E-state index is 11.7. The maximum atomic E-state index is 11.7. The molecule has 3 N–H and O–H groups in total. The molecule has 15 heavy (non-hydrogen) atoms. The van der Waals surface area contributed by atoms with Crippen LogP contribution in [0, 0.1) is 5.92 Å². The molecule has 1 heterocycles. The normalized spacial score (nSPS) is 26.7. The molecule has 1 saturated heterocycles. The number of hydrogen-bond donors (Lipinski definition) is 2. The largest absolute Gasteiger partial charge is 0.379 e. The molecule has 0 radical (unpaired) electrons. The number of hydrogen-bond acceptors (Lipinski definition) is 4. The van der Waals surface area contributed by atoms with Crippen LogP contribution in [-0.2, 0) is 14.3 Å². The summed E-state index contributed by atoms with van der Waals surface area (Å²) in [4.78, 5) is 11.7. The van der Waals surface area contributed by atoms with Crippen LogP contribution >= 0.6 is 0 Å². The Morgan fingerprint density at radius 1 is 1.60 bits per heavy atom. The predicted octanol–water partition coefficient (Wildman–Crippen LogP) is -0.499. The minimum atomic E-state index is -0.348. The summed E-state index contributed by atoms with van der Waals surface area (Å²) in [6, 6.07) is -0.185. The minimum absolute atomic E-state index is 0.0508. The lowest BCUT2D eigenvalue weighted by Gasteiger charge is -2.24. The lowest BCUT2D eigenvalue weighted by molar-refractivity contribution is -0.126. The Hall–Kier alpha value is -0.650. The molecule has 0 spiro atoms. The molecule has 1 fully saturated rings. The molecule has 0 aliphatic carbocycles. The number of nitrogens with one attached hydrogen (secondary N) is 1. The van der Waals surface area contributed by atoms with Gasteiger partial charge in [0.25, 0.3) is 0 Å². The Labute approximate surface area is 90.3 Å². The average Bonchev–Trinajstić information content (AvgIpc) is 2.61. The number of rotatable bonds is 4. The lowest BCUT2D eigenvalue weighted by Crippen LogP contribution is -2.46. The fourth-order valence-electron chi connectivity index (χ4n) is 1.34. The van der Waals surface area contributed by atoms with Gasteiger partial charge in [0, 0.05) is 19.7 Å². The van der Waals surface area contributed by atoms with E-state index in [1.165, 1.54) is 0 Å². The molecule has 0 aromatic heterocycles. The van der Waals surface area contributed by atoms with Crippen LogP contribution in [0.25, 0.3) is 0 Å². The third-order valence-electron chi connectivity index (χ3n) is 2.70. The van der Waals surface area contributed by atoms with E-state index in [9.17, 15) is 4.79 Å². The van der Waals surface area contributed by atoms with E-state index in [2.05, 4.69) is 5.32 Å². The Morgan fingerprint density at radius 3 is 2.73 bits per heavy atom. The van der Waals surface area contributed by atoms with Gasteiger partial charge in [-0.05, 0) is 13.8 Å². The summed E-state index contributed by atoms with van der Waals surface area (Å²) in [7, 11) is 1.62. The number of nitrogens with two attached hydrogens (primary N) is 1. The van der Waals surface area contributed by atoms with Gasteiger partial charge in [-0.1, -0.05) is 0 Å². The zero-order valence-corrected chi connectivity index (χ0v) is 9.58. The van der Waals surface area contributed by atoms with Crippen molar-refractivity contribution in [3.63, 3.8) is 0 Å². The first kappa shape index (κ1) is 12.4. The summed E-state index contributed by atoms with van der Waals surface area (Å²) < 4.78 is 10.3. The van der Waals surface area contributed by atoms with E-state index >= 15 is 0 Å². The van der Waals surface area contributed by atoms with Gasteiger partial charge in [0.15, 0.2) is 0 Å². The predicted molar refractivity (Wildman–Crippen MR) is 56.4 cm³/mol. The second-order valence-electron chi connectivity index (χ2n) is 4.49. The van der Waals surface area contributed by atoms with Crippen molar-refractivity contribution in [2.24, 2.45) is 11.7 Å². The fraction of sp³-hybridized carbons (Fsp3) is 0.900. The van der Waals surface area contributed by atoms with Crippen molar-refractivity contribution in [1.29, 1.82) is 0 Å². The monoisotopic (exact) mass is 216 g/mol. The van der Waals surface area contributed by atoms with Crippen molar-refractivity contribution in [3.8, 4) is 0 Å². The summed E-state index contributed by atoms with van der Waals surface area (Å²) >= 11 is 0. The standard InChI is InChI=1S/C10H20N2O3/c1-10(2,14-3)6-12-9(13)7-4-15-5-8(7)11/h7-8H,4-6,11H2,1-3H3,(H,12,13). The summed E-state index contributed by atoms with van der Waals surface area (Å²) in [6.45, 7) is 5.19. The highest BCUT2D eigenvalue weighted by Crippen LogP contribution is 2.12. The smallest absolute Gasteiger partial charge is 0.227 e. The average molecular weight is 216 g/mol. The summed E-state index contributed by atoms with van der Waals surface area (Å²) in [6.07, 6.45) is 0. The Balaban J connectivity index is 2.36. The number of carbonyl (C=O) groups excluding carboxylic acids is 1. The molecular weight excluding hydrogens is 196 g/mol. The van der Waals surface area contributed by atoms with Gasteiger partial charge < -0.3 is 20.5 Å². The molecule has 2 unspecified atom stereocenters. The molecule has 1 amide bonds. The highest BCUT2D eigenvalue weighted by Gasteiger charge is 2.32. The van der Waals surface area contributed by atoms with E-state index in [0.29, 0.717) is 19.8 Å². The maximum Gasteiger partial charge on any atom is 0.227 e. The number of amides is 1. The highest BCUT2D eigenvalue weighted by atomic mass is 16.5. The molecule has 0 aromatic rings. The van der Waals surface area contributed by atoms with Gasteiger partial charge in [-0.15, -0.1) is 0 Å². The van der Waals surface area contributed by atoms with E-state index in [1.807, 2.05) is 13.8 Å². The van der Waals surface area contributed by atoms with Gasteiger partial charge in [-0.2, -0.15) is 0 Å². The number of methoxy groups -OCH3 is 1. The van der Waals surface area contributed by atoms with Crippen LogP contribution in [0.1, 0.15) is 13.8 Å². The van der Waals surface area contributed by atoms with E-state index in [1.54, 1.807) is 7.11 Å². The van der Waals surface area contributed by atoms with Gasteiger partial charge in [-0.25, -0.2) is 0 Å². The first-order valence-corrected chi connectivity index (χ1v) is 5.12. The van der Waals surface area contributed by atoms with Crippen molar-refractivity contribution in [2.45, 2.75) is 25.5 Å². The van der Waals surface area contributed by atoms with Gasteiger partial charge in [0.1, 0.15) is 0 Å². The molecular formula is C10H20N2O3. The van der Waals surface area contributed by atoms with Gasteiger partial charge in [0.05, 0.1) is 24.7 Å². The minimum Gasteiger partial charge on any atom is -0.379 e. The molecule has 5 nitrogen and oxygen atoms in total. The quantitative estimate of drug-likeness (QED) is 0.664. The van der Waals surface area contributed by atoms with Crippen LogP contribution in [0.4, 0.5) is 0 Å². The Morgan fingerprint density at radius 2 is 2.27 bits per heavy atom. The third kappa shape index (κ3) is 3.44. The van der Waals surface area contributed by atoms with Crippen LogP contribution < -0.4 is 11.1 Å². The van der Waals surface area contributed by atoms with Crippen LogP contribution in [0.5, 0.6) is 0 Å². The van der Waals surface area contributed by atoms with Crippen LogP contribution in [0.2, 0.25) is 0 Å². The summed E-state index contributed by atoms with van der Waals surface area (Å²) in [5, 5.41) is 2.82. The fourth-order valence-corrected chi connectivity index (χ4v) is 1.34.